The smallest absolute Gasteiger partial charge is 0.254 e. The first-order chi connectivity index (χ1) is 9.81. The molecule has 0 N–H and O–H groups in total. The average molecular weight is 422 g/mol. The topological polar surface area (TPSA) is 20.3 Å². The Morgan fingerprint density at radius 3 is 2.14 bits per heavy atom. The third-order valence-corrected chi connectivity index (χ3v) is 4.57. The van der Waals surface area contributed by atoms with Crippen molar-refractivity contribution >= 4 is 40.1 Å². The van der Waals surface area contributed by atoms with Crippen LogP contribution in [0.15, 0.2) is 18.2 Å². The molecule has 0 unspecified atom stereocenters. The third kappa shape index (κ3) is 6.55. The highest BCUT2D eigenvalue weighted by Crippen LogP contribution is 2.20. The van der Waals surface area contributed by atoms with Crippen molar-refractivity contribution in [3.8, 4) is 0 Å². The van der Waals surface area contributed by atoms with Gasteiger partial charge in [-0.3, -0.25) is 4.79 Å². The lowest BCUT2D eigenvalue weighted by Gasteiger charge is -2.25. The molecule has 0 aliphatic rings. The van der Waals surface area contributed by atoms with Crippen LogP contribution in [-0.2, 0) is 0 Å². The molecule has 4 heteroatoms. The van der Waals surface area contributed by atoms with Crippen LogP contribution >= 0.6 is 34.2 Å². The zero-order chi connectivity index (χ0) is 16.0. The Bertz CT molecular complexity index is 462. The first-order valence-electron chi connectivity index (χ1n) is 7.55. The fourth-order valence-corrected chi connectivity index (χ4v) is 2.71. The number of nitrogens with zero attached hydrogens (tertiary/aromatic N) is 1. The largest absolute Gasteiger partial charge is 0.339 e. The summed E-state index contributed by atoms with van der Waals surface area (Å²) >= 11 is 8.25. The predicted octanol–water partition coefficient (Wildman–Crippen LogP) is 5.48. The minimum atomic E-state index is 0.100. The van der Waals surface area contributed by atoms with Crippen LogP contribution in [-0.4, -0.2) is 23.9 Å². The Labute approximate surface area is 147 Å². The SMILES string of the molecule is CC(C)CCN(CCC(C)C)C(=O)c1cc(Cl)ccc1I. The molecule has 21 heavy (non-hydrogen) atoms. The van der Waals surface area contributed by atoms with E-state index in [9.17, 15) is 4.79 Å². The lowest BCUT2D eigenvalue weighted by molar-refractivity contribution is 0.0740. The molecule has 0 bridgehead atoms. The van der Waals surface area contributed by atoms with Gasteiger partial charge in [0.2, 0.25) is 0 Å². The van der Waals surface area contributed by atoms with E-state index in [0.717, 1.165) is 35.1 Å². The van der Waals surface area contributed by atoms with Gasteiger partial charge in [0.1, 0.15) is 0 Å². The second-order valence-corrected chi connectivity index (χ2v) is 7.88. The molecule has 1 amide bonds. The van der Waals surface area contributed by atoms with E-state index >= 15 is 0 Å². The minimum absolute atomic E-state index is 0.100. The molecule has 1 aromatic rings. The first kappa shape index (κ1) is 18.8. The molecular formula is C17H25ClINO. The second-order valence-electron chi connectivity index (χ2n) is 6.28. The molecule has 0 heterocycles. The molecule has 118 valence electrons. The minimum Gasteiger partial charge on any atom is -0.339 e. The van der Waals surface area contributed by atoms with Gasteiger partial charge in [0.25, 0.3) is 5.91 Å². The summed E-state index contributed by atoms with van der Waals surface area (Å²) in [5.74, 6) is 1.29. The van der Waals surface area contributed by atoms with Crippen LogP contribution in [0.3, 0.4) is 0 Å². The van der Waals surface area contributed by atoms with Gasteiger partial charge in [0.15, 0.2) is 0 Å². The molecule has 1 aromatic carbocycles. The Hall–Kier alpha value is -0.290. The molecule has 0 fully saturated rings. The van der Waals surface area contributed by atoms with Crippen molar-refractivity contribution in [3.05, 3.63) is 32.4 Å². The molecule has 0 spiro atoms. The molecule has 2 nitrogen and oxygen atoms in total. The maximum atomic E-state index is 12.8. The summed E-state index contributed by atoms with van der Waals surface area (Å²) in [5.41, 5.74) is 0.718. The second kappa shape index (κ2) is 8.99. The summed E-state index contributed by atoms with van der Waals surface area (Å²) in [6.07, 6.45) is 2.06. The molecule has 0 atom stereocenters. The van der Waals surface area contributed by atoms with Gasteiger partial charge in [-0.2, -0.15) is 0 Å². The van der Waals surface area contributed by atoms with Crippen LogP contribution < -0.4 is 0 Å². The lowest BCUT2D eigenvalue weighted by atomic mass is 10.1. The molecular weight excluding hydrogens is 397 g/mol. The van der Waals surface area contributed by atoms with Crippen LogP contribution in [0.25, 0.3) is 0 Å². The number of carbonyl (C=O) groups excluding carboxylic acids is 1. The van der Waals surface area contributed by atoms with Crippen molar-refractivity contribution in [3.63, 3.8) is 0 Å². The number of halogens is 2. The van der Waals surface area contributed by atoms with Crippen LogP contribution in [0.4, 0.5) is 0 Å². The van der Waals surface area contributed by atoms with Gasteiger partial charge < -0.3 is 4.90 Å². The van der Waals surface area contributed by atoms with Gasteiger partial charge in [0, 0.05) is 21.7 Å². The quantitative estimate of drug-likeness (QED) is 0.534. The highest BCUT2D eigenvalue weighted by Gasteiger charge is 2.19. The predicted molar refractivity (Wildman–Crippen MR) is 99.0 cm³/mol. The molecule has 0 aromatic heterocycles. The van der Waals surface area contributed by atoms with Crippen LogP contribution in [0.5, 0.6) is 0 Å². The van der Waals surface area contributed by atoms with E-state index in [2.05, 4.69) is 50.3 Å². The van der Waals surface area contributed by atoms with Crippen molar-refractivity contribution < 1.29 is 4.79 Å². The Balaban J connectivity index is 2.89. The van der Waals surface area contributed by atoms with Crippen LogP contribution in [0, 0.1) is 15.4 Å². The molecule has 0 saturated heterocycles. The summed E-state index contributed by atoms with van der Waals surface area (Å²) in [4.78, 5) is 14.8. The summed E-state index contributed by atoms with van der Waals surface area (Å²) in [7, 11) is 0. The van der Waals surface area contributed by atoms with Gasteiger partial charge in [-0.15, -0.1) is 0 Å². The lowest BCUT2D eigenvalue weighted by Crippen LogP contribution is -2.34. The number of carbonyl (C=O) groups is 1. The fourth-order valence-electron chi connectivity index (χ4n) is 1.97. The molecule has 0 aliphatic carbocycles. The monoisotopic (exact) mass is 421 g/mol. The van der Waals surface area contributed by atoms with Crippen molar-refractivity contribution in [2.75, 3.05) is 13.1 Å². The van der Waals surface area contributed by atoms with E-state index in [1.54, 1.807) is 6.07 Å². The van der Waals surface area contributed by atoms with Crippen molar-refractivity contribution in [2.24, 2.45) is 11.8 Å². The highest BCUT2D eigenvalue weighted by molar-refractivity contribution is 14.1. The molecule has 0 radical (unpaired) electrons. The fraction of sp³-hybridized carbons (Fsp3) is 0.588. The average Bonchev–Trinajstić information content (AvgIpc) is 2.40. The number of hydrogen-bond donors (Lipinski definition) is 0. The standard InChI is InChI=1S/C17H25ClINO/c1-12(2)7-9-20(10-8-13(3)4)17(21)15-11-14(18)5-6-16(15)19/h5-6,11-13H,7-10H2,1-4H3. The number of hydrogen-bond acceptors (Lipinski definition) is 1. The van der Waals surface area contributed by atoms with E-state index < -0.39 is 0 Å². The summed E-state index contributed by atoms with van der Waals surface area (Å²) in [5, 5.41) is 0.617. The van der Waals surface area contributed by atoms with E-state index in [1.807, 2.05) is 17.0 Å². The van der Waals surface area contributed by atoms with E-state index in [0.29, 0.717) is 16.9 Å². The molecule has 0 aliphatic heterocycles. The number of rotatable bonds is 7. The van der Waals surface area contributed by atoms with Gasteiger partial charge in [0.05, 0.1) is 5.56 Å². The summed E-state index contributed by atoms with van der Waals surface area (Å²) in [6, 6.07) is 5.51. The van der Waals surface area contributed by atoms with E-state index in [-0.39, 0.29) is 5.91 Å². The Morgan fingerprint density at radius 2 is 1.67 bits per heavy atom. The van der Waals surface area contributed by atoms with Crippen LogP contribution in [0.1, 0.15) is 50.9 Å². The van der Waals surface area contributed by atoms with Gasteiger partial charge in [-0.05, 0) is 65.5 Å². The summed E-state index contributed by atoms with van der Waals surface area (Å²) in [6.45, 7) is 10.4. The zero-order valence-corrected chi connectivity index (χ0v) is 16.2. The van der Waals surface area contributed by atoms with Gasteiger partial charge >= 0.3 is 0 Å². The highest BCUT2D eigenvalue weighted by atomic mass is 127. The maximum absolute atomic E-state index is 12.8. The van der Waals surface area contributed by atoms with Crippen molar-refractivity contribution in [1.82, 2.24) is 4.90 Å². The Kier molecular flexibility index (Phi) is 8.03. The first-order valence-corrected chi connectivity index (χ1v) is 9.01. The normalized spacial score (nSPS) is 11.2. The third-order valence-electron chi connectivity index (χ3n) is 3.40. The number of amides is 1. The maximum Gasteiger partial charge on any atom is 0.254 e. The van der Waals surface area contributed by atoms with Crippen LogP contribution in [0.2, 0.25) is 5.02 Å². The van der Waals surface area contributed by atoms with E-state index in [1.165, 1.54) is 0 Å². The number of benzene rings is 1. The van der Waals surface area contributed by atoms with Gasteiger partial charge in [-0.1, -0.05) is 39.3 Å². The van der Waals surface area contributed by atoms with Crippen molar-refractivity contribution in [1.29, 1.82) is 0 Å². The molecule has 0 saturated carbocycles. The zero-order valence-electron chi connectivity index (χ0n) is 13.3. The van der Waals surface area contributed by atoms with E-state index in [4.69, 9.17) is 11.6 Å². The Morgan fingerprint density at radius 1 is 1.14 bits per heavy atom. The molecule has 1 rings (SSSR count). The van der Waals surface area contributed by atoms with Gasteiger partial charge in [-0.25, -0.2) is 0 Å². The summed E-state index contributed by atoms with van der Waals surface area (Å²) < 4.78 is 0.959. The van der Waals surface area contributed by atoms with Crippen molar-refractivity contribution in [2.45, 2.75) is 40.5 Å².